The topological polar surface area (TPSA) is 55.8 Å². The molecule has 24 heavy (non-hydrogen) atoms. The molecule has 0 spiro atoms. The maximum atomic E-state index is 12.9. The van der Waals surface area contributed by atoms with Crippen LogP contribution in [0.3, 0.4) is 0 Å². The van der Waals surface area contributed by atoms with E-state index in [0.717, 1.165) is 0 Å². The maximum Gasteiger partial charge on any atom is 0.264 e. The van der Waals surface area contributed by atoms with Gasteiger partial charge >= 0.3 is 0 Å². The molecule has 128 valence electrons. The van der Waals surface area contributed by atoms with Crippen molar-refractivity contribution in [3.05, 3.63) is 67.3 Å². The van der Waals surface area contributed by atoms with E-state index in [2.05, 4.69) is 6.58 Å². The molecule has 0 saturated carbocycles. The Balaban J connectivity index is 2.25. The lowest BCUT2D eigenvalue weighted by atomic mass is 10.3. The van der Waals surface area contributed by atoms with E-state index in [0.29, 0.717) is 24.7 Å². The number of sulfonamides is 1. The molecular weight excluding hydrogens is 326 g/mol. The van der Waals surface area contributed by atoms with Crippen molar-refractivity contribution >= 4 is 15.7 Å². The summed E-state index contributed by atoms with van der Waals surface area (Å²) in [7, 11) is -2.08. The standard InChI is InChI=1S/C18H21NO4S/c1-3-13-19(16-7-5-4-6-8-16)24(20,21)18-11-9-17(10-12-18)23-15-14-22-2/h3-12H,1,13-15H2,2H3. The normalized spacial score (nSPS) is 11.0. The number of ether oxygens (including phenoxy) is 2. The molecule has 6 heteroatoms. The Morgan fingerprint density at radius 1 is 1.04 bits per heavy atom. The highest BCUT2D eigenvalue weighted by molar-refractivity contribution is 7.92. The summed E-state index contributed by atoms with van der Waals surface area (Å²) < 4.78 is 37.5. The third-order valence-electron chi connectivity index (χ3n) is 3.31. The molecule has 2 aromatic rings. The minimum absolute atomic E-state index is 0.193. The van der Waals surface area contributed by atoms with Crippen LogP contribution in [-0.2, 0) is 14.8 Å². The second-order valence-corrected chi connectivity index (χ2v) is 6.84. The van der Waals surface area contributed by atoms with Crippen molar-refractivity contribution in [3.8, 4) is 5.75 Å². The highest BCUT2D eigenvalue weighted by Gasteiger charge is 2.23. The van der Waals surface area contributed by atoms with Gasteiger partial charge in [-0.05, 0) is 36.4 Å². The summed E-state index contributed by atoms with van der Waals surface area (Å²) in [6.45, 7) is 4.73. The number of methoxy groups -OCH3 is 1. The summed E-state index contributed by atoms with van der Waals surface area (Å²) in [6, 6.07) is 15.3. The van der Waals surface area contributed by atoms with Gasteiger partial charge in [0.05, 0.1) is 23.7 Å². The number of hydrogen-bond acceptors (Lipinski definition) is 4. The van der Waals surface area contributed by atoms with Gasteiger partial charge in [-0.15, -0.1) is 6.58 Å². The molecular formula is C18H21NO4S. The average Bonchev–Trinajstić information content (AvgIpc) is 2.61. The number of para-hydroxylation sites is 1. The van der Waals surface area contributed by atoms with Crippen LogP contribution in [0.4, 0.5) is 5.69 Å². The van der Waals surface area contributed by atoms with Gasteiger partial charge in [-0.1, -0.05) is 24.3 Å². The molecule has 0 heterocycles. The van der Waals surface area contributed by atoms with E-state index in [1.54, 1.807) is 49.6 Å². The fourth-order valence-electron chi connectivity index (χ4n) is 2.13. The van der Waals surface area contributed by atoms with Gasteiger partial charge in [0.1, 0.15) is 12.4 Å². The molecule has 0 fully saturated rings. The predicted octanol–water partition coefficient (Wildman–Crippen LogP) is 3.09. The van der Waals surface area contributed by atoms with Crippen LogP contribution in [0, 0.1) is 0 Å². The van der Waals surface area contributed by atoms with Crippen molar-refractivity contribution in [2.24, 2.45) is 0 Å². The quantitative estimate of drug-likeness (QED) is 0.517. The van der Waals surface area contributed by atoms with Crippen LogP contribution >= 0.6 is 0 Å². The zero-order valence-electron chi connectivity index (χ0n) is 13.6. The zero-order valence-corrected chi connectivity index (χ0v) is 14.4. The summed E-state index contributed by atoms with van der Waals surface area (Å²) in [5, 5.41) is 0. The van der Waals surface area contributed by atoms with Gasteiger partial charge in [0.15, 0.2) is 0 Å². The van der Waals surface area contributed by atoms with Gasteiger partial charge in [-0.25, -0.2) is 8.42 Å². The van der Waals surface area contributed by atoms with E-state index in [-0.39, 0.29) is 11.4 Å². The second-order valence-electron chi connectivity index (χ2n) is 4.97. The lowest BCUT2D eigenvalue weighted by molar-refractivity contribution is 0.146. The van der Waals surface area contributed by atoms with Crippen LogP contribution in [-0.4, -0.2) is 35.3 Å². The van der Waals surface area contributed by atoms with Gasteiger partial charge in [-0.2, -0.15) is 0 Å². The first-order valence-corrected chi connectivity index (χ1v) is 8.94. The number of anilines is 1. The van der Waals surface area contributed by atoms with E-state index in [1.165, 1.54) is 16.4 Å². The number of benzene rings is 2. The highest BCUT2D eigenvalue weighted by Crippen LogP contribution is 2.24. The molecule has 2 aromatic carbocycles. The fourth-order valence-corrected chi connectivity index (χ4v) is 3.57. The van der Waals surface area contributed by atoms with Crippen molar-refractivity contribution < 1.29 is 17.9 Å². The van der Waals surface area contributed by atoms with Crippen molar-refractivity contribution in [1.29, 1.82) is 0 Å². The molecule has 0 N–H and O–H groups in total. The number of nitrogens with zero attached hydrogens (tertiary/aromatic N) is 1. The van der Waals surface area contributed by atoms with Crippen molar-refractivity contribution in [2.45, 2.75) is 4.90 Å². The lowest BCUT2D eigenvalue weighted by Gasteiger charge is -2.23. The molecule has 0 aliphatic carbocycles. The van der Waals surface area contributed by atoms with Crippen LogP contribution in [0.15, 0.2) is 72.1 Å². The van der Waals surface area contributed by atoms with E-state index >= 15 is 0 Å². The average molecular weight is 347 g/mol. The Hall–Kier alpha value is -2.31. The Kier molecular flexibility index (Phi) is 6.40. The minimum atomic E-state index is -3.68. The number of hydrogen-bond donors (Lipinski definition) is 0. The summed E-state index contributed by atoms with van der Waals surface area (Å²) >= 11 is 0. The van der Waals surface area contributed by atoms with Crippen LogP contribution in [0.25, 0.3) is 0 Å². The highest BCUT2D eigenvalue weighted by atomic mass is 32.2. The summed E-state index contributed by atoms with van der Waals surface area (Å²) in [6.07, 6.45) is 1.56. The fraction of sp³-hybridized carbons (Fsp3) is 0.222. The third kappa shape index (κ3) is 4.37. The SMILES string of the molecule is C=CCN(c1ccccc1)S(=O)(=O)c1ccc(OCCOC)cc1. The zero-order chi connectivity index (χ0) is 17.4. The van der Waals surface area contributed by atoms with Gasteiger partial charge in [0, 0.05) is 7.11 Å². The van der Waals surface area contributed by atoms with E-state index in [9.17, 15) is 8.42 Å². The van der Waals surface area contributed by atoms with E-state index in [4.69, 9.17) is 9.47 Å². The maximum absolute atomic E-state index is 12.9. The van der Waals surface area contributed by atoms with Gasteiger partial charge in [-0.3, -0.25) is 4.31 Å². The summed E-state index contributed by atoms with van der Waals surface area (Å²) in [5.41, 5.74) is 0.595. The van der Waals surface area contributed by atoms with Crippen LogP contribution < -0.4 is 9.04 Å². The van der Waals surface area contributed by atoms with Crippen LogP contribution in [0.5, 0.6) is 5.75 Å². The second kappa shape index (κ2) is 8.52. The van der Waals surface area contributed by atoms with Crippen LogP contribution in [0.1, 0.15) is 0 Å². The third-order valence-corrected chi connectivity index (χ3v) is 5.12. The Morgan fingerprint density at radius 2 is 1.71 bits per heavy atom. The molecule has 0 unspecified atom stereocenters. The molecule has 2 rings (SSSR count). The van der Waals surface area contributed by atoms with Gasteiger partial charge in [0.25, 0.3) is 10.0 Å². The lowest BCUT2D eigenvalue weighted by Crippen LogP contribution is -2.31. The molecule has 5 nitrogen and oxygen atoms in total. The summed E-state index contributed by atoms with van der Waals surface area (Å²) in [5.74, 6) is 0.598. The molecule has 0 aliphatic rings. The molecule has 0 amide bonds. The Bertz CT molecular complexity index is 742. The largest absolute Gasteiger partial charge is 0.491 e. The van der Waals surface area contributed by atoms with E-state index in [1.807, 2.05) is 6.07 Å². The number of rotatable bonds is 9. The van der Waals surface area contributed by atoms with Crippen LogP contribution in [0.2, 0.25) is 0 Å². The summed E-state index contributed by atoms with van der Waals surface area (Å²) in [4.78, 5) is 0.201. The first-order chi connectivity index (χ1) is 11.6. The molecule has 0 radical (unpaired) electrons. The predicted molar refractivity (Wildman–Crippen MR) is 95.0 cm³/mol. The molecule has 0 bridgehead atoms. The first kappa shape index (κ1) is 18.0. The van der Waals surface area contributed by atoms with Gasteiger partial charge < -0.3 is 9.47 Å². The monoisotopic (exact) mass is 347 g/mol. The van der Waals surface area contributed by atoms with Crippen molar-refractivity contribution in [1.82, 2.24) is 0 Å². The van der Waals surface area contributed by atoms with E-state index < -0.39 is 10.0 Å². The Labute approximate surface area is 143 Å². The van der Waals surface area contributed by atoms with Crippen molar-refractivity contribution in [2.75, 3.05) is 31.2 Å². The molecule has 0 atom stereocenters. The van der Waals surface area contributed by atoms with Crippen molar-refractivity contribution in [3.63, 3.8) is 0 Å². The molecule has 0 aliphatic heterocycles. The molecule has 0 aromatic heterocycles. The Morgan fingerprint density at radius 3 is 2.29 bits per heavy atom. The minimum Gasteiger partial charge on any atom is -0.491 e. The smallest absolute Gasteiger partial charge is 0.264 e. The van der Waals surface area contributed by atoms with Gasteiger partial charge in [0.2, 0.25) is 0 Å². The molecule has 0 saturated heterocycles. The first-order valence-electron chi connectivity index (χ1n) is 7.50.